The second kappa shape index (κ2) is 6.88. The number of fused-ring (bicyclic) bond motifs is 1. The van der Waals surface area contributed by atoms with E-state index in [2.05, 4.69) is 10.3 Å². The minimum atomic E-state index is 0.0389. The van der Waals surface area contributed by atoms with Gasteiger partial charge in [0.1, 0.15) is 0 Å². The molecule has 1 saturated heterocycles. The van der Waals surface area contributed by atoms with Gasteiger partial charge in [0.25, 0.3) is 0 Å². The second-order valence-electron chi connectivity index (χ2n) is 5.94. The zero-order chi connectivity index (χ0) is 15.4. The number of carbonyl (C=O) groups is 1. The monoisotopic (exact) mass is 298 g/mol. The molecule has 1 amide bonds. The Morgan fingerprint density at radius 3 is 2.91 bits per heavy atom. The third-order valence-corrected chi connectivity index (χ3v) is 4.58. The first-order chi connectivity index (χ1) is 10.8. The summed E-state index contributed by atoms with van der Waals surface area (Å²) in [6.45, 7) is 4.12. The number of rotatable bonds is 4. The van der Waals surface area contributed by atoms with Crippen LogP contribution in [0.1, 0.15) is 25.3 Å². The molecule has 0 bridgehead atoms. The van der Waals surface area contributed by atoms with E-state index in [1.54, 1.807) is 6.20 Å². The van der Waals surface area contributed by atoms with Crippen LogP contribution in [0, 0.1) is 11.8 Å². The molecule has 0 spiro atoms. The summed E-state index contributed by atoms with van der Waals surface area (Å²) < 4.78 is 5.37. The zero-order valence-electron chi connectivity index (χ0n) is 12.9. The van der Waals surface area contributed by atoms with Gasteiger partial charge in [-0.3, -0.25) is 9.78 Å². The first-order valence-electron chi connectivity index (χ1n) is 7.94. The molecular weight excluding hydrogens is 276 g/mol. The predicted octanol–water partition coefficient (Wildman–Crippen LogP) is 2.91. The van der Waals surface area contributed by atoms with Crippen LogP contribution in [0.4, 0.5) is 0 Å². The Kier molecular flexibility index (Phi) is 4.68. The molecule has 2 heterocycles. The fourth-order valence-electron chi connectivity index (χ4n) is 3.08. The van der Waals surface area contributed by atoms with Crippen molar-refractivity contribution in [1.29, 1.82) is 0 Å². The number of ether oxygens (including phenoxy) is 1. The fourth-order valence-corrected chi connectivity index (χ4v) is 3.08. The summed E-state index contributed by atoms with van der Waals surface area (Å²) in [7, 11) is 0. The minimum absolute atomic E-state index is 0.0389. The molecule has 22 heavy (non-hydrogen) atoms. The van der Waals surface area contributed by atoms with Crippen LogP contribution in [0.15, 0.2) is 36.5 Å². The number of benzene rings is 1. The van der Waals surface area contributed by atoms with E-state index in [0.717, 1.165) is 42.5 Å². The van der Waals surface area contributed by atoms with Crippen molar-refractivity contribution in [3.8, 4) is 0 Å². The van der Waals surface area contributed by atoms with E-state index in [1.165, 1.54) is 0 Å². The van der Waals surface area contributed by atoms with Gasteiger partial charge in [-0.05, 0) is 36.5 Å². The summed E-state index contributed by atoms with van der Waals surface area (Å²) in [6, 6.07) is 9.99. The van der Waals surface area contributed by atoms with Crippen LogP contribution in [0.25, 0.3) is 10.9 Å². The molecule has 4 nitrogen and oxygen atoms in total. The summed E-state index contributed by atoms with van der Waals surface area (Å²) >= 11 is 0. The lowest BCUT2D eigenvalue weighted by Gasteiger charge is -2.27. The molecule has 1 aliphatic heterocycles. The highest BCUT2D eigenvalue weighted by Crippen LogP contribution is 2.24. The Balaban J connectivity index is 1.64. The highest BCUT2D eigenvalue weighted by Gasteiger charge is 2.25. The quantitative estimate of drug-likeness (QED) is 0.944. The molecule has 1 fully saturated rings. The molecule has 1 aromatic heterocycles. The Labute approximate surface area is 130 Å². The van der Waals surface area contributed by atoms with E-state index in [1.807, 2.05) is 37.3 Å². The predicted molar refractivity (Wildman–Crippen MR) is 86.3 cm³/mol. The molecule has 1 N–H and O–H groups in total. The number of nitrogens with zero attached hydrogens (tertiary/aromatic N) is 1. The lowest BCUT2D eigenvalue weighted by molar-refractivity contribution is -0.127. The maximum Gasteiger partial charge on any atom is 0.223 e. The van der Waals surface area contributed by atoms with Crippen LogP contribution in [-0.2, 0) is 16.1 Å². The van der Waals surface area contributed by atoms with Crippen LogP contribution < -0.4 is 5.32 Å². The van der Waals surface area contributed by atoms with Crippen LogP contribution >= 0.6 is 0 Å². The number of amides is 1. The molecule has 2 aromatic rings. The SMILES string of the molecule is C[C@H](C(=O)NCc1ccnc2ccccc12)C1CCOCC1. The Morgan fingerprint density at radius 2 is 2.09 bits per heavy atom. The second-order valence-corrected chi connectivity index (χ2v) is 5.94. The largest absolute Gasteiger partial charge is 0.381 e. The lowest BCUT2D eigenvalue weighted by atomic mass is 9.87. The molecule has 0 unspecified atom stereocenters. The van der Waals surface area contributed by atoms with E-state index < -0.39 is 0 Å². The highest BCUT2D eigenvalue weighted by atomic mass is 16.5. The molecule has 1 aliphatic rings. The molecule has 4 heteroatoms. The molecule has 3 rings (SSSR count). The molecular formula is C18H22N2O2. The van der Waals surface area contributed by atoms with Gasteiger partial charge in [0, 0.05) is 37.3 Å². The summed E-state index contributed by atoms with van der Waals surface area (Å²) in [5, 5.41) is 4.18. The molecule has 1 atom stereocenters. The number of carbonyl (C=O) groups excluding carboxylic acids is 1. The van der Waals surface area contributed by atoms with E-state index >= 15 is 0 Å². The first-order valence-corrected chi connectivity index (χ1v) is 7.94. The van der Waals surface area contributed by atoms with Gasteiger partial charge in [-0.15, -0.1) is 0 Å². The topological polar surface area (TPSA) is 51.2 Å². The summed E-state index contributed by atoms with van der Waals surface area (Å²) in [5.41, 5.74) is 2.07. The van der Waals surface area contributed by atoms with Crippen LogP contribution in [0.5, 0.6) is 0 Å². The fraction of sp³-hybridized carbons (Fsp3) is 0.444. The van der Waals surface area contributed by atoms with E-state index in [0.29, 0.717) is 12.5 Å². The average molecular weight is 298 g/mol. The molecule has 116 valence electrons. The molecule has 0 radical (unpaired) electrons. The van der Waals surface area contributed by atoms with Gasteiger partial charge >= 0.3 is 0 Å². The maximum absolute atomic E-state index is 12.4. The van der Waals surface area contributed by atoms with Crippen molar-refractivity contribution in [2.75, 3.05) is 13.2 Å². The Bertz CT molecular complexity index is 645. The average Bonchev–Trinajstić information content (AvgIpc) is 2.59. The number of hydrogen-bond acceptors (Lipinski definition) is 3. The third kappa shape index (κ3) is 3.28. The minimum Gasteiger partial charge on any atom is -0.381 e. The van der Waals surface area contributed by atoms with Gasteiger partial charge in [0.2, 0.25) is 5.91 Å². The number of hydrogen-bond donors (Lipinski definition) is 1. The van der Waals surface area contributed by atoms with Crippen molar-refractivity contribution in [1.82, 2.24) is 10.3 Å². The number of aromatic nitrogens is 1. The lowest BCUT2D eigenvalue weighted by Crippen LogP contribution is -2.35. The number of pyridine rings is 1. The van der Waals surface area contributed by atoms with Crippen LogP contribution in [0.2, 0.25) is 0 Å². The molecule has 0 aliphatic carbocycles. The zero-order valence-corrected chi connectivity index (χ0v) is 12.9. The van der Waals surface area contributed by atoms with Crippen molar-refractivity contribution in [2.45, 2.75) is 26.3 Å². The van der Waals surface area contributed by atoms with Gasteiger partial charge in [-0.1, -0.05) is 25.1 Å². The van der Waals surface area contributed by atoms with Crippen molar-refractivity contribution < 1.29 is 9.53 Å². The van der Waals surface area contributed by atoms with Crippen LogP contribution in [0.3, 0.4) is 0 Å². The number of nitrogens with one attached hydrogen (secondary N) is 1. The van der Waals surface area contributed by atoms with Crippen molar-refractivity contribution in [3.05, 3.63) is 42.1 Å². The van der Waals surface area contributed by atoms with Crippen molar-refractivity contribution in [2.24, 2.45) is 11.8 Å². The van der Waals surface area contributed by atoms with Crippen molar-refractivity contribution >= 4 is 16.8 Å². The Hall–Kier alpha value is -1.94. The van der Waals surface area contributed by atoms with E-state index in [-0.39, 0.29) is 11.8 Å². The first kappa shape index (κ1) is 15.0. The standard InChI is InChI=1S/C18H22N2O2/c1-13(14-7-10-22-11-8-14)18(21)20-12-15-6-9-19-17-5-3-2-4-16(15)17/h2-6,9,13-14H,7-8,10-12H2,1H3,(H,20,21)/t13-/m0/s1. The molecule has 0 saturated carbocycles. The van der Waals surface area contributed by atoms with Gasteiger partial charge in [-0.2, -0.15) is 0 Å². The normalized spacial score (nSPS) is 17.3. The molecule has 1 aromatic carbocycles. The smallest absolute Gasteiger partial charge is 0.223 e. The van der Waals surface area contributed by atoms with Gasteiger partial charge < -0.3 is 10.1 Å². The van der Waals surface area contributed by atoms with Crippen molar-refractivity contribution in [3.63, 3.8) is 0 Å². The highest BCUT2D eigenvalue weighted by molar-refractivity contribution is 5.83. The summed E-state index contributed by atoms with van der Waals surface area (Å²) in [6.07, 6.45) is 3.76. The summed E-state index contributed by atoms with van der Waals surface area (Å²) in [5.74, 6) is 0.604. The van der Waals surface area contributed by atoms with E-state index in [9.17, 15) is 4.79 Å². The third-order valence-electron chi connectivity index (χ3n) is 4.58. The number of para-hydroxylation sites is 1. The Morgan fingerprint density at radius 1 is 1.32 bits per heavy atom. The summed E-state index contributed by atoms with van der Waals surface area (Å²) in [4.78, 5) is 16.7. The van der Waals surface area contributed by atoms with E-state index in [4.69, 9.17) is 4.74 Å². The van der Waals surface area contributed by atoms with Crippen LogP contribution in [-0.4, -0.2) is 24.1 Å². The van der Waals surface area contributed by atoms with Gasteiger partial charge in [0.05, 0.1) is 5.52 Å². The van der Waals surface area contributed by atoms with Gasteiger partial charge in [-0.25, -0.2) is 0 Å². The maximum atomic E-state index is 12.4. The van der Waals surface area contributed by atoms with Gasteiger partial charge in [0.15, 0.2) is 0 Å².